The van der Waals surface area contributed by atoms with Crippen LogP contribution in [0.25, 0.3) is 0 Å². The summed E-state index contributed by atoms with van der Waals surface area (Å²) in [5.41, 5.74) is 0.312. The lowest BCUT2D eigenvalue weighted by Crippen LogP contribution is -2.17. The summed E-state index contributed by atoms with van der Waals surface area (Å²) in [4.78, 5) is 27.3. The molecule has 0 fully saturated rings. The molecule has 1 aliphatic heterocycles. The highest BCUT2D eigenvalue weighted by molar-refractivity contribution is 7.13. The summed E-state index contributed by atoms with van der Waals surface area (Å²) in [6, 6.07) is 0. The van der Waals surface area contributed by atoms with Gasteiger partial charge in [-0.25, -0.2) is 4.98 Å². The van der Waals surface area contributed by atoms with Crippen LogP contribution in [0.2, 0.25) is 0 Å². The van der Waals surface area contributed by atoms with Crippen molar-refractivity contribution in [2.75, 3.05) is 12.4 Å². The lowest BCUT2D eigenvalue weighted by atomic mass is 10.0. The fraction of sp³-hybridized carbons (Fsp3) is 0.533. The number of hydrogen-bond donors (Lipinski definition) is 1. The largest absolute Gasteiger partial charge is 0.469 e. The number of carbonyl (C=O) groups excluding carboxylic acids is 2. The Labute approximate surface area is 138 Å². The van der Waals surface area contributed by atoms with Gasteiger partial charge in [-0.1, -0.05) is 0 Å². The molecule has 1 amide bonds. The maximum atomic E-state index is 11.9. The summed E-state index contributed by atoms with van der Waals surface area (Å²) in [6.45, 7) is 0. The predicted molar refractivity (Wildman–Crippen MR) is 86.0 cm³/mol. The van der Waals surface area contributed by atoms with Crippen LogP contribution in [-0.4, -0.2) is 29.6 Å². The number of carbonyl (C=O) groups is 2. The average Bonchev–Trinajstić information content (AvgIpc) is 3.20. The van der Waals surface area contributed by atoms with Gasteiger partial charge in [-0.3, -0.25) is 9.59 Å². The number of amides is 1. The summed E-state index contributed by atoms with van der Waals surface area (Å²) in [5, 5.41) is 13.1. The van der Waals surface area contributed by atoms with E-state index in [2.05, 4.69) is 31.2 Å². The second-order valence-electron chi connectivity index (χ2n) is 5.15. The molecule has 1 aromatic heterocycles. The smallest absolute Gasteiger partial charge is 0.305 e. The van der Waals surface area contributed by atoms with Crippen LogP contribution >= 0.6 is 11.3 Å². The van der Waals surface area contributed by atoms with Gasteiger partial charge in [-0.15, -0.1) is 23.7 Å². The molecule has 0 unspecified atom stereocenters. The Morgan fingerprint density at radius 2 is 2.17 bits per heavy atom. The van der Waals surface area contributed by atoms with Crippen LogP contribution in [0.1, 0.15) is 37.8 Å². The molecule has 1 N–H and O–H groups in total. The van der Waals surface area contributed by atoms with E-state index in [1.54, 1.807) is 0 Å². The van der Waals surface area contributed by atoms with Crippen LogP contribution in [0.15, 0.2) is 15.6 Å². The first kappa shape index (κ1) is 17.1. The van der Waals surface area contributed by atoms with Gasteiger partial charge in [-0.05, 0) is 0 Å². The molecule has 122 valence electrons. The first-order valence-corrected chi connectivity index (χ1v) is 8.13. The molecule has 1 aliphatic rings. The standard InChI is InChI=1S/C15H18N4O3S/c1-3-4-8-15(18-19-15)9-7-12(20)17-14-16-11(10-23-14)5-6-13(21)22-2/h1,10H,4-9H2,2H3,(H,16,17,20). The van der Waals surface area contributed by atoms with Crippen LogP contribution in [0.3, 0.4) is 0 Å². The molecule has 0 aliphatic carbocycles. The van der Waals surface area contributed by atoms with Crippen LogP contribution in [0.4, 0.5) is 5.13 Å². The summed E-state index contributed by atoms with van der Waals surface area (Å²) in [6.07, 6.45) is 8.15. The number of methoxy groups -OCH3 is 1. The molecule has 0 aromatic carbocycles. The summed E-state index contributed by atoms with van der Waals surface area (Å²) >= 11 is 1.33. The zero-order valence-electron chi connectivity index (χ0n) is 12.9. The molecule has 7 nitrogen and oxygen atoms in total. The Bertz CT molecular complexity index is 641. The third-order valence-electron chi connectivity index (χ3n) is 3.42. The molecule has 0 bridgehead atoms. The minimum atomic E-state index is -0.446. The number of hydrogen-bond acceptors (Lipinski definition) is 7. The van der Waals surface area contributed by atoms with Crippen molar-refractivity contribution in [1.82, 2.24) is 4.98 Å². The Morgan fingerprint density at radius 1 is 1.39 bits per heavy atom. The molecule has 1 aromatic rings. The van der Waals surface area contributed by atoms with Crippen molar-refractivity contribution < 1.29 is 14.3 Å². The van der Waals surface area contributed by atoms with Crippen LogP contribution in [0.5, 0.6) is 0 Å². The first-order chi connectivity index (χ1) is 11.1. The van der Waals surface area contributed by atoms with E-state index in [1.807, 2.05) is 5.38 Å². The van der Waals surface area contributed by atoms with Gasteiger partial charge in [0, 0.05) is 37.5 Å². The summed E-state index contributed by atoms with van der Waals surface area (Å²) < 4.78 is 4.58. The van der Waals surface area contributed by atoms with E-state index < -0.39 is 5.66 Å². The van der Waals surface area contributed by atoms with E-state index in [0.717, 1.165) is 5.69 Å². The minimum Gasteiger partial charge on any atom is -0.469 e. The maximum absolute atomic E-state index is 11.9. The minimum absolute atomic E-state index is 0.128. The van der Waals surface area contributed by atoms with Crippen molar-refractivity contribution in [3.63, 3.8) is 0 Å². The van der Waals surface area contributed by atoms with Gasteiger partial charge >= 0.3 is 5.97 Å². The molecule has 0 spiro atoms. The number of nitrogens with one attached hydrogen (secondary N) is 1. The Morgan fingerprint density at radius 3 is 2.83 bits per heavy atom. The molecule has 0 radical (unpaired) electrons. The van der Waals surface area contributed by atoms with Crippen molar-refractivity contribution in [3.8, 4) is 12.3 Å². The van der Waals surface area contributed by atoms with E-state index in [0.29, 0.717) is 37.2 Å². The second-order valence-corrected chi connectivity index (χ2v) is 6.01. The third-order valence-corrected chi connectivity index (χ3v) is 4.22. The van der Waals surface area contributed by atoms with Gasteiger partial charge in [0.25, 0.3) is 0 Å². The van der Waals surface area contributed by atoms with Gasteiger partial charge in [-0.2, -0.15) is 10.2 Å². The Balaban J connectivity index is 1.72. The molecular weight excluding hydrogens is 316 g/mol. The van der Waals surface area contributed by atoms with E-state index in [9.17, 15) is 9.59 Å². The second kappa shape index (κ2) is 7.83. The van der Waals surface area contributed by atoms with Crippen LogP contribution in [-0.2, 0) is 20.7 Å². The number of esters is 1. The molecule has 8 heteroatoms. The van der Waals surface area contributed by atoms with E-state index >= 15 is 0 Å². The molecule has 0 saturated heterocycles. The molecule has 2 rings (SSSR count). The van der Waals surface area contributed by atoms with E-state index in [4.69, 9.17) is 6.42 Å². The summed E-state index contributed by atoms with van der Waals surface area (Å²) in [7, 11) is 1.35. The Kier molecular flexibility index (Phi) is 5.82. The highest BCUT2D eigenvalue weighted by atomic mass is 32.1. The predicted octanol–water partition coefficient (Wildman–Crippen LogP) is 2.54. The number of thiazole rings is 1. The van der Waals surface area contributed by atoms with Crippen molar-refractivity contribution in [3.05, 3.63) is 11.1 Å². The van der Waals surface area contributed by atoms with E-state index in [1.165, 1.54) is 18.4 Å². The van der Waals surface area contributed by atoms with Gasteiger partial charge in [0.15, 0.2) is 10.8 Å². The fourth-order valence-electron chi connectivity index (χ4n) is 1.97. The topological polar surface area (TPSA) is 93.0 Å². The number of aromatic nitrogens is 1. The number of aryl methyl sites for hydroxylation is 1. The number of rotatable bonds is 9. The Hall–Kier alpha value is -2.27. The van der Waals surface area contributed by atoms with Crippen LogP contribution < -0.4 is 5.32 Å². The monoisotopic (exact) mass is 334 g/mol. The normalized spacial score (nSPS) is 14.1. The number of ether oxygens (including phenoxy) is 1. The van der Waals surface area contributed by atoms with E-state index in [-0.39, 0.29) is 18.3 Å². The lowest BCUT2D eigenvalue weighted by molar-refractivity contribution is -0.140. The van der Waals surface area contributed by atoms with Gasteiger partial charge in [0.2, 0.25) is 5.91 Å². The van der Waals surface area contributed by atoms with Gasteiger partial charge < -0.3 is 10.1 Å². The van der Waals surface area contributed by atoms with Crippen molar-refractivity contribution in [2.24, 2.45) is 10.2 Å². The fourth-order valence-corrected chi connectivity index (χ4v) is 2.74. The molecular formula is C15H18N4O3S. The summed E-state index contributed by atoms with van der Waals surface area (Å²) in [5.74, 6) is 2.15. The highest BCUT2D eigenvalue weighted by Crippen LogP contribution is 2.37. The zero-order chi connectivity index (χ0) is 16.7. The third kappa shape index (κ3) is 5.45. The SMILES string of the molecule is C#CCCC1(CCC(=O)Nc2nc(CCC(=O)OC)cs2)N=N1. The lowest BCUT2D eigenvalue weighted by Gasteiger charge is -2.07. The van der Waals surface area contributed by atoms with Crippen molar-refractivity contribution in [1.29, 1.82) is 0 Å². The molecule has 23 heavy (non-hydrogen) atoms. The number of terminal acetylenes is 1. The van der Waals surface area contributed by atoms with Gasteiger partial charge in [0.1, 0.15) is 0 Å². The number of nitrogens with zero attached hydrogens (tertiary/aromatic N) is 3. The number of anilines is 1. The quantitative estimate of drug-likeness (QED) is 0.555. The van der Waals surface area contributed by atoms with Crippen molar-refractivity contribution >= 4 is 28.3 Å². The zero-order valence-corrected chi connectivity index (χ0v) is 13.7. The molecule has 0 saturated carbocycles. The molecule has 2 heterocycles. The molecule has 0 atom stereocenters. The first-order valence-electron chi connectivity index (χ1n) is 7.25. The van der Waals surface area contributed by atoms with Crippen LogP contribution in [0, 0.1) is 12.3 Å². The van der Waals surface area contributed by atoms with Crippen molar-refractivity contribution in [2.45, 2.75) is 44.2 Å². The maximum Gasteiger partial charge on any atom is 0.305 e. The van der Waals surface area contributed by atoms with Gasteiger partial charge in [0.05, 0.1) is 19.2 Å². The average molecular weight is 334 g/mol. The highest BCUT2D eigenvalue weighted by Gasteiger charge is 2.39.